The molecule has 1 N–H and O–H groups in total. The number of ketones is 1. The highest BCUT2D eigenvalue weighted by Crippen LogP contribution is 2.35. The summed E-state index contributed by atoms with van der Waals surface area (Å²) in [6.07, 6.45) is 3.41. The van der Waals surface area contributed by atoms with Crippen LogP contribution in [0.3, 0.4) is 0 Å². The van der Waals surface area contributed by atoms with Crippen molar-refractivity contribution in [3.05, 3.63) is 29.8 Å². The molecule has 7 heteroatoms. The summed E-state index contributed by atoms with van der Waals surface area (Å²) < 4.78 is 5.23. The zero-order valence-electron chi connectivity index (χ0n) is 17.8. The number of hydrogen-bond donors (Lipinski definition) is 1. The van der Waals surface area contributed by atoms with E-state index in [4.69, 9.17) is 4.74 Å². The number of rotatable bonds is 6. The van der Waals surface area contributed by atoms with Gasteiger partial charge in [0.25, 0.3) is 0 Å². The lowest BCUT2D eigenvalue weighted by atomic mass is 9.77. The van der Waals surface area contributed by atoms with Crippen molar-refractivity contribution in [2.24, 2.45) is 17.8 Å². The number of carbonyl (C=O) groups excluding carboxylic acids is 4. The Bertz CT molecular complexity index is 819. The van der Waals surface area contributed by atoms with Gasteiger partial charge in [0.15, 0.2) is 12.4 Å². The average Bonchev–Trinajstić information content (AvgIpc) is 3.09. The number of amides is 2. The smallest absolute Gasteiger partial charge is 0.311 e. The lowest BCUT2D eigenvalue weighted by Crippen LogP contribution is -2.45. The molecule has 0 aromatic heterocycles. The number of likely N-dealkylation sites (tertiary alicyclic amines) is 1. The van der Waals surface area contributed by atoms with Crippen LogP contribution in [0.5, 0.6) is 0 Å². The molecule has 1 aliphatic heterocycles. The summed E-state index contributed by atoms with van der Waals surface area (Å²) in [5.74, 6) is -0.546. The summed E-state index contributed by atoms with van der Waals surface area (Å²) in [4.78, 5) is 50.2. The number of nitrogens with zero attached hydrogens (tertiary/aromatic N) is 1. The van der Waals surface area contributed by atoms with E-state index in [0.717, 1.165) is 12.8 Å². The van der Waals surface area contributed by atoms with Crippen molar-refractivity contribution in [1.29, 1.82) is 0 Å². The fourth-order valence-electron chi connectivity index (χ4n) is 4.48. The van der Waals surface area contributed by atoms with Crippen LogP contribution in [0.15, 0.2) is 24.3 Å². The third-order valence-electron chi connectivity index (χ3n) is 6.43. The molecule has 2 amide bonds. The summed E-state index contributed by atoms with van der Waals surface area (Å²) in [5, 5.41) is 2.63. The third-order valence-corrected chi connectivity index (χ3v) is 6.43. The highest BCUT2D eigenvalue weighted by molar-refractivity contribution is 5.99. The maximum atomic E-state index is 12.5. The average molecular weight is 415 g/mol. The Morgan fingerprint density at radius 2 is 1.83 bits per heavy atom. The van der Waals surface area contributed by atoms with Gasteiger partial charge in [0, 0.05) is 37.2 Å². The molecule has 2 aliphatic rings. The summed E-state index contributed by atoms with van der Waals surface area (Å²) >= 11 is 0. The number of benzene rings is 1. The molecule has 1 saturated carbocycles. The van der Waals surface area contributed by atoms with Crippen LogP contribution in [-0.2, 0) is 19.1 Å². The first kappa shape index (κ1) is 22.0. The number of ether oxygens (including phenoxy) is 1. The van der Waals surface area contributed by atoms with Gasteiger partial charge in [-0.25, -0.2) is 0 Å². The first-order valence-corrected chi connectivity index (χ1v) is 10.6. The molecule has 0 unspecified atom stereocenters. The summed E-state index contributed by atoms with van der Waals surface area (Å²) in [5.41, 5.74) is 0.984. The van der Waals surface area contributed by atoms with E-state index in [1.54, 1.807) is 24.3 Å². The van der Waals surface area contributed by atoms with Crippen molar-refractivity contribution < 1.29 is 23.9 Å². The normalized spacial score (nSPS) is 26.4. The second-order valence-corrected chi connectivity index (χ2v) is 8.57. The molecular weight excluding hydrogens is 384 g/mol. The largest absolute Gasteiger partial charge is 0.457 e. The molecule has 1 saturated heterocycles. The highest BCUT2D eigenvalue weighted by atomic mass is 16.5. The Morgan fingerprint density at radius 1 is 1.13 bits per heavy atom. The number of Topliss-reactive ketones (excluding diaryl/α,β-unsaturated/α-hetero) is 1. The van der Waals surface area contributed by atoms with E-state index < -0.39 is 11.9 Å². The van der Waals surface area contributed by atoms with Gasteiger partial charge in [-0.15, -0.1) is 0 Å². The molecule has 0 radical (unpaired) electrons. The SMILES string of the molecule is CC(=O)Nc1ccc(C(=O)COC(=O)[C@@H]2CC(=O)N([C@@H]3CCC[C@H](C)[C@H]3C)C2)cc1. The summed E-state index contributed by atoms with van der Waals surface area (Å²) in [6.45, 7) is 5.82. The Balaban J connectivity index is 1.52. The Morgan fingerprint density at radius 3 is 2.50 bits per heavy atom. The Hall–Kier alpha value is -2.70. The van der Waals surface area contributed by atoms with Crippen LogP contribution in [0.4, 0.5) is 5.69 Å². The molecule has 1 aliphatic carbocycles. The Kier molecular flexibility index (Phi) is 6.90. The second-order valence-electron chi connectivity index (χ2n) is 8.57. The minimum atomic E-state index is -0.517. The first-order valence-electron chi connectivity index (χ1n) is 10.6. The molecule has 1 aromatic carbocycles. The minimum Gasteiger partial charge on any atom is -0.457 e. The monoisotopic (exact) mass is 414 g/mol. The van der Waals surface area contributed by atoms with Crippen molar-refractivity contribution in [3.63, 3.8) is 0 Å². The number of nitrogens with one attached hydrogen (secondary N) is 1. The lowest BCUT2D eigenvalue weighted by molar-refractivity contribution is -0.147. The minimum absolute atomic E-state index is 0.00258. The fraction of sp³-hybridized carbons (Fsp3) is 0.565. The van der Waals surface area contributed by atoms with E-state index in [-0.39, 0.29) is 36.7 Å². The molecule has 2 fully saturated rings. The zero-order chi connectivity index (χ0) is 21.8. The van der Waals surface area contributed by atoms with Crippen LogP contribution in [0.2, 0.25) is 0 Å². The molecular formula is C23H30N2O5. The van der Waals surface area contributed by atoms with Gasteiger partial charge in [0.1, 0.15) is 0 Å². The molecule has 1 aromatic rings. The van der Waals surface area contributed by atoms with Gasteiger partial charge < -0.3 is 15.0 Å². The molecule has 3 rings (SSSR count). The number of hydrogen-bond acceptors (Lipinski definition) is 5. The fourth-order valence-corrected chi connectivity index (χ4v) is 4.48. The van der Waals surface area contributed by atoms with Gasteiger partial charge in [-0.1, -0.05) is 26.7 Å². The van der Waals surface area contributed by atoms with Crippen LogP contribution in [0.25, 0.3) is 0 Å². The van der Waals surface area contributed by atoms with Gasteiger partial charge >= 0.3 is 5.97 Å². The Labute approximate surface area is 177 Å². The van der Waals surface area contributed by atoms with Crippen molar-refractivity contribution >= 4 is 29.3 Å². The standard InChI is InChI=1S/C23H30N2O5/c1-14-5-4-6-20(15(14)2)25-12-18(11-22(25)28)23(29)30-13-21(27)17-7-9-19(10-8-17)24-16(3)26/h7-10,14-15,18,20H,4-6,11-13H2,1-3H3,(H,24,26)/t14-,15+,18+,20+/m0/s1. The summed E-state index contributed by atoms with van der Waals surface area (Å²) in [6, 6.07) is 6.58. The quantitative estimate of drug-likeness (QED) is 0.570. The maximum Gasteiger partial charge on any atom is 0.311 e. The highest BCUT2D eigenvalue weighted by Gasteiger charge is 2.42. The molecule has 0 spiro atoms. The van der Waals surface area contributed by atoms with Crippen molar-refractivity contribution in [2.75, 3.05) is 18.5 Å². The van der Waals surface area contributed by atoms with E-state index in [2.05, 4.69) is 19.2 Å². The van der Waals surface area contributed by atoms with Gasteiger partial charge in [-0.05, 0) is 42.5 Å². The van der Waals surface area contributed by atoms with Crippen LogP contribution in [-0.4, -0.2) is 47.7 Å². The van der Waals surface area contributed by atoms with Gasteiger partial charge in [0.05, 0.1) is 5.92 Å². The molecule has 4 atom stereocenters. The van der Waals surface area contributed by atoms with E-state index in [9.17, 15) is 19.2 Å². The van der Waals surface area contributed by atoms with E-state index in [0.29, 0.717) is 29.6 Å². The van der Waals surface area contributed by atoms with Gasteiger partial charge in [-0.3, -0.25) is 19.2 Å². The van der Waals surface area contributed by atoms with E-state index in [1.165, 1.54) is 13.3 Å². The van der Waals surface area contributed by atoms with E-state index >= 15 is 0 Å². The first-order chi connectivity index (χ1) is 14.3. The maximum absolute atomic E-state index is 12.5. The van der Waals surface area contributed by atoms with Crippen LogP contribution >= 0.6 is 0 Å². The zero-order valence-corrected chi connectivity index (χ0v) is 17.8. The molecule has 0 bridgehead atoms. The predicted molar refractivity (Wildman–Crippen MR) is 112 cm³/mol. The van der Waals surface area contributed by atoms with Crippen molar-refractivity contribution in [1.82, 2.24) is 4.90 Å². The van der Waals surface area contributed by atoms with Gasteiger partial charge in [0.2, 0.25) is 11.8 Å². The van der Waals surface area contributed by atoms with Gasteiger partial charge in [-0.2, -0.15) is 0 Å². The summed E-state index contributed by atoms with van der Waals surface area (Å²) in [7, 11) is 0. The number of esters is 1. The predicted octanol–water partition coefficient (Wildman–Crippen LogP) is 3.04. The number of anilines is 1. The topological polar surface area (TPSA) is 92.8 Å². The van der Waals surface area contributed by atoms with Crippen LogP contribution in [0.1, 0.15) is 56.8 Å². The molecule has 1 heterocycles. The third kappa shape index (κ3) is 5.07. The molecule has 7 nitrogen and oxygen atoms in total. The second kappa shape index (κ2) is 9.41. The molecule has 162 valence electrons. The molecule has 30 heavy (non-hydrogen) atoms. The lowest BCUT2D eigenvalue weighted by Gasteiger charge is -2.39. The van der Waals surface area contributed by atoms with E-state index in [1.807, 2.05) is 4.90 Å². The van der Waals surface area contributed by atoms with Crippen LogP contribution in [0, 0.1) is 17.8 Å². The van der Waals surface area contributed by atoms with Crippen molar-refractivity contribution in [2.45, 2.75) is 52.5 Å². The number of carbonyl (C=O) groups is 4. The van der Waals surface area contributed by atoms with Crippen LogP contribution < -0.4 is 5.32 Å². The van der Waals surface area contributed by atoms with Crippen molar-refractivity contribution in [3.8, 4) is 0 Å².